The second-order valence-electron chi connectivity index (χ2n) is 3.41. The summed E-state index contributed by atoms with van der Waals surface area (Å²) in [6.07, 6.45) is 3.30. The Bertz CT molecular complexity index is 354. The van der Waals surface area contributed by atoms with Crippen LogP contribution in [0.4, 0.5) is 0 Å². The Balaban J connectivity index is 1.97. The van der Waals surface area contributed by atoms with Crippen LogP contribution in [0, 0.1) is 0 Å². The smallest absolute Gasteiger partial charge is 0.187 e. The Kier molecular flexibility index (Phi) is 2.46. The maximum atomic E-state index is 11.4. The third-order valence-corrected chi connectivity index (χ3v) is 2.23. The molecule has 2 rings (SSSR count). The number of hydrogen-bond donors (Lipinski definition) is 0. The third kappa shape index (κ3) is 2.09. The van der Waals surface area contributed by atoms with E-state index in [4.69, 9.17) is 4.74 Å². The van der Waals surface area contributed by atoms with Crippen LogP contribution >= 0.6 is 0 Å². The summed E-state index contributed by atoms with van der Waals surface area (Å²) in [7, 11) is 0. The number of benzene rings is 1. The van der Waals surface area contributed by atoms with Gasteiger partial charge in [-0.2, -0.15) is 0 Å². The molecule has 1 aromatic carbocycles. The average molecular weight is 188 g/mol. The van der Waals surface area contributed by atoms with E-state index in [0.717, 1.165) is 5.56 Å². The van der Waals surface area contributed by atoms with Crippen molar-refractivity contribution in [1.29, 1.82) is 0 Å². The molecule has 14 heavy (non-hydrogen) atoms. The standard InChI is InChI=1S/C12H12O2/c1-9-12(14-9)11(13)8-7-10-5-3-2-4-6-10/h2-9,12H,1H3. The first-order valence-electron chi connectivity index (χ1n) is 4.70. The Morgan fingerprint density at radius 2 is 2.00 bits per heavy atom. The van der Waals surface area contributed by atoms with Gasteiger partial charge in [0, 0.05) is 0 Å². The molecule has 0 saturated carbocycles. The van der Waals surface area contributed by atoms with Gasteiger partial charge in [-0.1, -0.05) is 36.4 Å². The minimum atomic E-state index is -0.199. The molecule has 0 spiro atoms. The number of ether oxygens (including phenoxy) is 1. The van der Waals surface area contributed by atoms with Gasteiger partial charge in [-0.15, -0.1) is 0 Å². The van der Waals surface area contributed by atoms with Gasteiger partial charge in [-0.25, -0.2) is 0 Å². The van der Waals surface area contributed by atoms with Crippen molar-refractivity contribution in [2.45, 2.75) is 19.1 Å². The largest absolute Gasteiger partial charge is 0.361 e. The highest BCUT2D eigenvalue weighted by molar-refractivity contribution is 5.98. The third-order valence-electron chi connectivity index (χ3n) is 2.23. The second kappa shape index (κ2) is 3.76. The number of carbonyl (C=O) groups excluding carboxylic acids is 1. The van der Waals surface area contributed by atoms with Crippen molar-refractivity contribution < 1.29 is 9.53 Å². The maximum Gasteiger partial charge on any atom is 0.187 e. The summed E-state index contributed by atoms with van der Waals surface area (Å²) < 4.78 is 5.07. The normalized spacial score (nSPS) is 25.2. The van der Waals surface area contributed by atoms with E-state index in [1.165, 1.54) is 0 Å². The second-order valence-corrected chi connectivity index (χ2v) is 3.41. The highest BCUT2D eigenvalue weighted by Gasteiger charge is 2.39. The Labute approximate surface area is 83.2 Å². The van der Waals surface area contributed by atoms with Crippen molar-refractivity contribution in [3.63, 3.8) is 0 Å². The first kappa shape index (κ1) is 9.16. The summed E-state index contributed by atoms with van der Waals surface area (Å²) in [6, 6.07) is 9.76. The van der Waals surface area contributed by atoms with Crippen LogP contribution in [0.25, 0.3) is 6.08 Å². The lowest BCUT2D eigenvalue weighted by Crippen LogP contribution is -2.03. The first-order chi connectivity index (χ1) is 6.77. The van der Waals surface area contributed by atoms with Gasteiger partial charge >= 0.3 is 0 Å². The predicted octanol–water partition coefficient (Wildman–Crippen LogP) is 2.06. The number of epoxide rings is 1. The molecule has 2 heteroatoms. The van der Waals surface area contributed by atoms with E-state index in [9.17, 15) is 4.79 Å². The van der Waals surface area contributed by atoms with Crippen molar-refractivity contribution in [2.75, 3.05) is 0 Å². The van der Waals surface area contributed by atoms with Crippen LogP contribution in [0.1, 0.15) is 12.5 Å². The molecule has 0 bridgehead atoms. The predicted molar refractivity (Wildman–Crippen MR) is 54.8 cm³/mol. The summed E-state index contributed by atoms with van der Waals surface area (Å²) in [5.74, 6) is 0.0568. The molecule has 1 fully saturated rings. The highest BCUT2D eigenvalue weighted by atomic mass is 16.6. The molecule has 72 valence electrons. The van der Waals surface area contributed by atoms with Crippen molar-refractivity contribution >= 4 is 11.9 Å². The van der Waals surface area contributed by atoms with Gasteiger partial charge in [0.1, 0.15) is 6.10 Å². The van der Waals surface area contributed by atoms with Crippen molar-refractivity contribution in [3.8, 4) is 0 Å². The van der Waals surface area contributed by atoms with Crippen LogP contribution in [0.15, 0.2) is 36.4 Å². The van der Waals surface area contributed by atoms with E-state index in [2.05, 4.69) is 0 Å². The van der Waals surface area contributed by atoms with Gasteiger partial charge in [0.25, 0.3) is 0 Å². The van der Waals surface area contributed by atoms with Crippen LogP contribution in [-0.2, 0) is 9.53 Å². The van der Waals surface area contributed by atoms with Crippen LogP contribution in [0.3, 0.4) is 0 Å². The van der Waals surface area contributed by atoms with E-state index < -0.39 is 0 Å². The molecule has 0 aliphatic carbocycles. The summed E-state index contributed by atoms with van der Waals surface area (Å²) in [6.45, 7) is 1.90. The fraction of sp³-hybridized carbons (Fsp3) is 0.250. The highest BCUT2D eigenvalue weighted by Crippen LogP contribution is 2.22. The number of carbonyl (C=O) groups is 1. The average Bonchev–Trinajstić information content (AvgIpc) is 2.94. The monoisotopic (exact) mass is 188 g/mol. The zero-order chi connectivity index (χ0) is 9.97. The summed E-state index contributed by atoms with van der Waals surface area (Å²) in [5, 5.41) is 0. The van der Waals surface area contributed by atoms with Crippen LogP contribution < -0.4 is 0 Å². The molecule has 0 N–H and O–H groups in total. The minimum Gasteiger partial charge on any atom is -0.361 e. The lowest BCUT2D eigenvalue weighted by Gasteiger charge is -1.90. The topological polar surface area (TPSA) is 29.6 Å². The van der Waals surface area contributed by atoms with Gasteiger partial charge in [0.05, 0.1) is 6.10 Å². The molecular formula is C12H12O2. The first-order valence-corrected chi connectivity index (χ1v) is 4.70. The molecule has 0 amide bonds. The molecule has 0 aromatic heterocycles. The molecule has 1 aliphatic heterocycles. The lowest BCUT2D eigenvalue weighted by atomic mass is 10.1. The molecule has 0 radical (unpaired) electrons. The van der Waals surface area contributed by atoms with Gasteiger partial charge in [-0.3, -0.25) is 4.79 Å². The van der Waals surface area contributed by atoms with E-state index >= 15 is 0 Å². The molecule has 2 atom stereocenters. The van der Waals surface area contributed by atoms with Gasteiger partial charge in [-0.05, 0) is 18.6 Å². The molecule has 1 saturated heterocycles. The minimum absolute atomic E-state index is 0.0568. The molecule has 2 nitrogen and oxygen atoms in total. The molecule has 1 aromatic rings. The van der Waals surface area contributed by atoms with Crippen LogP contribution in [0.5, 0.6) is 0 Å². The molecule has 1 aliphatic rings. The summed E-state index contributed by atoms with van der Waals surface area (Å²) in [4.78, 5) is 11.4. The Morgan fingerprint density at radius 1 is 1.36 bits per heavy atom. The zero-order valence-corrected chi connectivity index (χ0v) is 8.01. The van der Waals surface area contributed by atoms with Crippen LogP contribution in [0.2, 0.25) is 0 Å². The van der Waals surface area contributed by atoms with E-state index in [1.54, 1.807) is 6.08 Å². The quantitative estimate of drug-likeness (QED) is 0.536. The summed E-state index contributed by atoms with van der Waals surface area (Å²) >= 11 is 0. The fourth-order valence-corrected chi connectivity index (χ4v) is 1.32. The lowest BCUT2D eigenvalue weighted by molar-refractivity contribution is -0.115. The van der Waals surface area contributed by atoms with Gasteiger partial charge < -0.3 is 4.74 Å². The van der Waals surface area contributed by atoms with E-state index in [1.807, 2.05) is 43.3 Å². The van der Waals surface area contributed by atoms with Crippen molar-refractivity contribution in [2.24, 2.45) is 0 Å². The fourth-order valence-electron chi connectivity index (χ4n) is 1.32. The van der Waals surface area contributed by atoms with Crippen molar-refractivity contribution in [1.82, 2.24) is 0 Å². The van der Waals surface area contributed by atoms with Crippen molar-refractivity contribution in [3.05, 3.63) is 42.0 Å². The Morgan fingerprint density at radius 3 is 2.57 bits per heavy atom. The van der Waals surface area contributed by atoms with E-state index in [-0.39, 0.29) is 18.0 Å². The molecule has 2 unspecified atom stereocenters. The van der Waals surface area contributed by atoms with Crippen LogP contribution in [-0.4, -0.2) is 18.0 Å². The molecular weight excluding hydrogens is 176 g/mol. The SMILES string of the molecule is CC1OC1C(=O)C=Cc1ccccc1. The maximum absolute atomic E-state index is 11.4. The number of hydrogen-bond acceptors (Lipinski definition) is 2. The number of rotatable bonds is 3. The molecule has 1 heterocycles. The zero-order valence-electron chi connectivity index (χ0n) is 8.01. The van der Waals surface area contributed by atoms with E-state index in [0.29, 0.717) is 0 Å². The van der Waals surface area contributed by atoms with Gasteiger partial charge in [0.2, 0.25) is 0 Å². The Hall–Kier alpha value is -1.41. The number of ketones is 1. The van der Waals surface area contributed by atoms with Gasteiger partial charge in [0.15, 0.2) is 5.78 Å². The summed E-state index contributed by atoms with van der Waals surface area (Å²) in [5.41, 5.74) is 1.04.